The highest BCUT2D eigenvalue weighted by molar-refractivity contribution is 4.89. The Morgan fingerprint density at radius 2 is 2.60 bits per heavy atom. The minimum Gasteiger partial charge on any atom is -0.307 e. The van der Waals surface area contributed by atoms with Gasteiger partial charge in [-0.15, -0.1) is 11.7 Å². The van der Waals surface area contributed by atoms with Gasteiger partial charge in [-0.2, -0.15) is 5.10 Å². The Morgan fingerprint density at radius 1 is 1.80 bits per heavy atom. The average molecular weight is 137 g/mol. The highest BCUT2D eigenvalue weighted by atomic mass is 16.1. The normalized spacial score (nSPS) is 9.20. The van der Waals surface area contributed by atoms with Crippen molar-refractivity contribution in [3.8, 4) is 0 Å². The third kappa shape index (κ3) is 1.51. The third-order valence-electron chi connectivity index (χ3n) is 0.959. The number of rotatable bonds is 2. The minimum atomic E-state index is -0.230. The molecule has 0 aliphatic rings. The summed E-state index contributed by atoms with van der Waals surface area (Å²) in [7, 11) is 0. The summed E-state index contributed by atoms with van der Waals surface area (Å²) in [5.74, 6) is 0.544. The maximum Gasteiger partial charge on any atom is 0.269 e. The van der Waals surface area contributed by atoms with E-state index in [1.54, 1.807) is 6.08 Å². The number of allylic oxidation sites excluding steroid dienone is 1. The van der Waals surface area contributed by atoms with E-state index in [0.717, 1.165) is 6.20 Å². The van der Waals surface area contributed by atoms with Gasteiger partial charge in [-0.3, -0.25) is 4.79 Å². The van der Waals surface area contributed by atoms with Crippen molar-refractivity contribution in [2.75, 3.05) is 0 Å². The number of hydrogen-bond acceptors (Lipinski definition) is 3. The first-order valence-corrected chi connectivity index (χ1v) is 2.84. The van der Waals surface area contributed by atoms with Crippen LogP contribution in [0.25, 0.3) is 0 Å². The van der Waals surface area contributed by atoms with Crippen LogP contribution < -0.4 is 5.56 Å². The quantitative estimate of drug-likeness (QED) is 0.579. The van der Waals surface area contributed by atoms with Crippen molar-refractivity contribution in [2.24, 2.45) is 0 Å². The van der Waals surface area contributed by atoms with Crippen molar-refractivity contribution in [3.63, 3.8) is 0 Å². The summed E-state index contributed by atoms with van der Waals surface area (Å²) in [6, 6.07) is 0. The molecule has 0 atom stereocenters. The van der Waals surface area contributed by atoms with Gasteiger partial charge in [0, 0.05) is 6.42 Å². The van der Waals surface area contributed by atoms with Crippen molar-refractivity contribution < 1.29 is 0 Å². The zero-order valence-electron chi connectivity index (χ0n) is 5.37. The van der Waals surface area contributed by atoms with Crippen LogP contribution in [0, 0.1) is 0 Å². The average Bonchev–Trinajstić information content (AvgIpc) is 1.88. The van der Waals surface area contributed by atoms with E-state index in [1.807, 2.05) is 0 Å². The second kappa shape index (κ2) is 2.91. The Morgan fingerprint density at radius 3 is 3.20 bits per heavy atom. The molecule has 52 valence electrons. The molecule has 1 rings (SSSR count). The van der Waals surface area contributed by atoms with Gasteiger partial charge in [0.1, 0.15) is 12.0 Å². The van der Waals surface area contributed by atoms with Crippen LogP contribution in [0.15, 0.2) is 23.6 Å². The molecule has 0 unspecified atom stereocenters. The number of aromatic nitrogens is 3. The summed E-state index contributed by atoms with van der Waals surface area (Å²) >= 11 is 0. The second-order valence-electron chi connectivity index (χ2n) is 1.77. The van der Waals surface area contributed by atoms with Crippen molar-refractivity contribution in [3.05, 3.63) is 35.0 Å². The molecule has 0 spiro atoms. The summed E-state index contributed by atoms with van der Waals surface area (Å²) in [5.41, 5.74) is -0.230. The number of nitrogens with zero attached hydrogens (tertiary/aromatic N) is 2. The van der Waals surface area contributed by atoms with Crippen LogP contribution in [0.1, 0.15) is 5.82 Å². The van der Waals surface area contributed by atoms with E-state index in [2.05, 4.69) is 21.8 Å². The summed E-state index contributed by atoms with van der Waals surface area (Å²) in [4.78, 5) is 13.1. The van der Waals surface area contributed by atoms with Crippen LogP contribution >= 0.6 is 0 Å². The Balaban J connectivity index is 2.95. The zero-order valence-corrected chi connectivity index (χ0v) is 5.37. The van der Waals surface area contributed by atoms with Gasteiger partial charge in [0.15, 0.2) is 0 Å². The predicted octanol–water partition coefficient (Wildman–Crippen LogP) is -0.107. The first-order valence-electron chi connectivity index (χ1n) is 2.84. The largest absolute Gasteiger partial charge is 0.307 e. The van der Waals surface area contributed by atoms with Crippen LogP contribution in [-0.4, -0.2) is 15.2 Å². The van der Waals surface area contributed by atoms with Gasteiger partial charge in [0.25, 0.3) is 5.56 Å². The van der Waals surface area contributed by atoms with Crippen LogP contribution in [0.5, 0.6) is 0 Å². The van der Waals surface area contributed by atoms with E-state index >= 15 is 0 Å². The molecule has 1 heterocycles. The van der Waals surface area contributed by atoms with Crippen molar-refractivity contribution in [2.45, 2.75) is 6.42 Å². The molecule has 0 aliphatic carbocycles. The van der Waals surface area contributed by atoms with Gasteiger partial charge < -0.3 is 4.98 Å². The Hall–Kier alpha value is -1.45. The number of nitrogens with one attached hydrogen (secondary N) is 1. The van der Waals surface area contributed by atoms with E-state index in [-0.39, 0.29) is 5.56 Å². The lowest BCUT2D eigenvalue weighted by atomic mass is 10.4. The molecular weight excluding hydrogens is 130 g/mol. The van der Waals surface area contributed by atoms with Gasteiger partial charge in [-0.05, 0) is 0 Å². The first kappa shape index (κ1) is 6.67. The van der Waals surface area contributed by atoms with E-state index in [0.29, 0.717) is 12.2 Å². The first-order chi connectivity index (χ1) is 4.83. The van der Waals surface area contributed by atoms with Gasteiger partial charge in [0.05, 0.1) is 0 Å². The summed E-state index contributed by atoms with van der Waals surface area (Å²) in [6.45, 7) is 3.50. The fourth-order valence-corrected chi connectivity index (χ4v) is 0.579. The standard InChI is InChI=1S/C6H7N3O/c1-2-3-5-8-6(10)4-7-9-5/h2,4H,1,3H2,(H,8,9,10). The summed E-state index contributed by atoms with van der Waals surface area (Å²) in [6.07, 6.45) is 3.33. The van der Waals surface area contributed by atoms with Crippen LogP contribution in [-0.2, 0) is 6.42 Å². The van der Waals surface area contributed by atoms with Crippen molar-refractivity contribution >= 4 is 0 Å². The maximum absolute atomic E-state index is 10.6. The monoisotopic (exact) mass is 137 g/mol. The van der Waals surface area contributed by atoms with Crippen molar-refractivity contribution in [1.82, 2.24) is 15.2 Å². The van der Waals surface area contributed by atoms with Gasteiger partial charge in [0.2, 0.25) is 0 Å². The highest BCUT2D eigenvalue weighted by Crippen LogP contribution is 1.82. The Kier molecular flexibility index (Phi) is 1.94. The van der Waals surface area contributed by atoms with Crippen LogP contribution in [0.3, 0.4) is 0 Å². The molecular formula is C6H7N3O. The predicted molar refractivity (Wildman–Crippen MR) is 36.6 cm³/mol. The van der Waals surface area contributed by atoms with Crippen molar-refractivity contribution in [1.29, 1.82) is 0 Å². The van der Waals surface area contributed by atoms with Gasteiger partial charge in [-0.1, -0.05) is 6.08 Å². The number of aromatic amines is 1. The number of hydrogen-bond donors (Lipinski definition) is 1. The third-order valence-corrected chi connectivity index (χ3v) is 0.959. The molecule has 4 heteroatoms. The maximum atomic E-state index is 10.6. The summed E-state index contributed by atoms with van der Waals surface area (Å²) in [5, 5.41) is 7.11. The molecule has 1 N–H and O–H groups in total. The smallest absolute Gasteiger partial charge is 0.269 e. The molecule has 1 aromatic rings. The molecule has 0 radical (unpaired) electrons. The Bertz CT molecular complexity index is 278. The lowest BCUT2D eigenvalue weighted by Crippen LogP contribution is -2.10. The second-order valence-corrected chi connectivity index (χ2v) is 1.77. The van der Waals surface area contributed by atoms with E-state index in [4.69, 9.17) is 0 Å². The molecule has 0 amide bonds. The number of H-pyrrole nitrogens is 1. The molecule has 0 bridgehead atoms. The van der Waals surface area contributed by atoms with E-state index in [1.165, 1.54) is 0 Å². The van der Waals surface area contributed by atoms with Gasteiger partial charge in [-0.25, -0.2) is 0 Å². The topological polar surface area (TPSA) is 58.6 Å². The van der Waals surface area contributed by atoms with Crippen LogP contribution in [0.4, 0.5) is 0 Å². The van der Waals surface area contributed by atoms with Crippen LogP contribution in [0.2, 0.25) is 0 Å². The molecule has 4 nitrogen and oxygen atoms in total. The minimum absolute atomic E-state index is 0.230. The molecule has 0 fully saturated rings. The molecule has 10 heavy (non-hydrogen) atoms. The fraction of sp³-hybridized carbons (Fsp3) is 0.167. The van der Waals surface area contributed by atoms with E-state index in [9.17, 15) is 4.79 Å². The van der Waals surface area contributed by atoms with Gasteiger partial charge >= 0.3 is 0 Å². The molecule has 0 saturated heterocycles. The lowest BCUT2D eigenvalue weighted by Gasteiger charge is -1.89. The molecule has 0 saturated carbocycles. The lowest BCUT2D eigenvalue weighted by molar-refractivity contribution is 0.854. The molecule has 0 aromatic carbocycles. The molecule has 1 aromatic heterocycles. The Labute approximate surface area is 57.6 Å². The molecule has 0 aliphatic heterocycles. The summed E-state index contributed by atoms with van der Waals surface area (Å²) < 4.78 is 0. The fourth-order valence-electron chi connectivity index (χ4n) is 0.579. The van der Waals surface area contributed by atoms with E-state index < -0.39 is 0 Å². The SMILES string of the molecule is C=CCc1nncc(=O)[nH]1. The zero-order chi connectivity index (χ0) is 7.40. The highest BCUT2D eigenvalue weighted by Gasteiger charge is 1.89.